The molecule has 0 aromatic heterocycles. The Hall–Kier alpha value is -2.71. The third-order valence-electron chi connectivity index (χ3n) is 4.56. The molecule has 28 heavy (non-hydrogen) atoms. The molecule has 7 nitrogen and oxygen atoms in total. The number of Topliss-reactive ketones (excluding diaryl/α,β-unsaturated/α-hetero) is 1. The molecule has 0 aliphatic carbocycles. The maximum Gasteiger partial charge on any atom is 0.243 e. The van der Waals surface area contributed by atoms with Crippen LogP contribution in [-0.2, 0) is 21.5 Å². The number of rotatable bonds is 6. The molecule has 0 radical (unpaired) electrons. The fourth-order valence-electron chi connectivity index (χ4n) is 2.88. The maximum atomic E-state index is 12.8. The first-order valence-corrected chi connectivity index (χ1v) is 10.4. The number of hydrogen-bond donors (Lipinski definition) is 1. The molecule has 148 valence electrons. The fourth-order valence-corrected chi connectivity index (χ4v) is 4.32. The van der Waals surface area contributed by atoms with Crippen molar-refractivity contribution in [3.05, 3.63) is 59.7 Å². The van der Waals surface area contributed by atoms with Gasteiger partial charge in [-0.1, -0.05) is 29.4 Å². The molecule has 0 unspecified atom stereocenters. The molecule has 0 atom stereocenters. The van der Waals surface area contributed by atoms with Gasteiger partial charge in [0.2, 0.25) is 10.0 Å². The van der Waals surface area contributed by atoms with Crippen LogP contribution in [0.3, 0.4) is 0 Å². The highest BCUT2D eigenvalue weighted by Gasteiger charge is 2.28. The van der Waals surface area contributed by atoms with Gasteiger partial charge in [0, 0.05) is 31.5 Å². The van der Waals surface area contributed by atoms with E-state index >= 15 is 0 Å². The molecular formula is C20H22N2O5S. The van der Waals surface area contributed by atoms with Gasteiger partial charge in [0.1, 0.15) is 12.4 Å². The third-order valence-corrected chi connectivity index (χ3v) is 6.47. The van der Waals surface area contributed by atoms with Gasteiger partial charge < -0.3 is 9.94 Å². The Morgan fingerprint density at radius 3 is 2.25 bits per heavy atom. The van der Waals surface area contributed by atoms with Gasteiger partial charge in [-0.2, -0.15) is 4.31 Å². The number of carbonyl (C=O) groups excluding carboxylic acids is 1. The quantitative estimate of drug-likeness (QED) is 0.592. The number of benzene rings is 2. The van der Waals surface area contributed by atoms with Crippen molar-refractivity contribution in [3.63, 3.8) is 0 Å². The van der Waals surface area contributed by atoms with Gasteiger partial charge in [-0.15, -0.1) is 0 Å². The van der Waals surface area contributed by atoms with Crippen molar-refractivity contribution in [2.24, 2.45) is 5.16 Å². The summed E-state index contributed by atoms with van der Waals surface area (Å²) in [7, 11) is -3.59. The van der Waals surface area contributed by atoms with Crippen molar-refractivity contribution >= 4 is 21.5 Å². The Bertz CT molecular complexity index is 957. The second-order valence-corrected chi connectivity index (χ2v) is 8.52. The lowest BCUT2D eigenvalue weighted by Crippen LogP contribution is -2.38. The van der Waals surface area contributed by atoms with E-state index in [1.54, 1.807) is 24.3 Å². The van der Waals surface area contributed by atoms with Gasteiger partial charge in [-0.3, -0.25) is 4.79 Å². The summed E-state index contributed by atoms with van der Waals surface area (Å²) in [5.41, 5.74) is 2.19. The number of hydrogen-bond acceptors (Lipinski definition) is 6. The molecule has 8 heteroatoms. The van der Waals surface area contributed by atoms with Crippen LogP contribution in [0.15, 0.2) is 58.6 Å². The molecule has 1 aliphatic heterocycles. The summed E-state index contributed by atoms with van der Waals surface area (Å²) in [6.45, 7) is 2.39. The first-order chi connectivity index (χ1) is 13.4. The lowest BCUT2D eigenvalue weighted by molar-refractivity contribution is 0.101. The van der Waals surface area contributed by atoms with E-state index in [0.717, 1.165) is 11.3 Å². The lowest BCUT2D eigenvalue weighted by Gasteiger charge is -2.26. The van der Waals surface area contributed by atoms with Gasteiger partial charge in [0.15, 0.2) is 5.78 Å². The lowest BCUT2D eigenvalue weighted by atomic mass is 10.1. The SMILES string of the molecule is CC(=O)c1ccc(S(=O)(=O)N2CCC(=NOCc3ccc(O)cc3)CC2)cc1. The minimum Gasteiger partial charge on any atom is -0.508 e. The molecule has 0 bridgehead atoms. The van der Waals surface area contributed by atoms with E-state index in [2.05, 4.69) is 5.16 Å². The zero-order valence-electron chi connectivity index (χ0n) is 15.5. The highest BCUT2D eigenvalue weighted by molar-refractivity contribution is 7.89. The molecule has 1 saturated heterocycles. The van der Waals surface area contributed by atoms with Crippen molar-refractivity contribution in [1.29, 1.82) is 0 Å². The number of aromatic hydroxyl groups is 1. The van der Waals surface area contributed by atoms with E-state index in [1.165, 1.54) is 35.5 Å². The summed E-state index contributed by atoms with van der Waals surface area (Å²) in [6, 6.07) is 12.7. The van der Waals surface area contributed by atoms with Crippen LogP contribution in [0.1, 0.15) is 35.7 Å². The minimum absolute atomic E-state index is 0.102. The van der Waals surface area contributed by atoms with Crippen molar-refractivity contribution in [2.45, 2.75) is 31.3 Å². The molecule has 0 saturated carbocycles. The average molecular weight is 402 g/mol. The Labute approximate surface area is 164 Å². The molecule has 2 aromatic rings. The molecule has 1 fully saturated rings. The Kier molecular flexibility index (Phi) is 6.11. The first-order valence-electron chi connectivity index (χ1n) is 8.93. The molecule has 0 amide bonds. The predicted molar refractivity (Wildman–Crippen MR) is 105 cm³/mol. The van der Waals surface area contributed by atoms with Crippen LogP contribution in [0.25, 0.3) is 0 Å². The second-order valence-electron chi connectivity index (χ2n) is 6.58. The number of nitrogens with zero attached hydrogens (tertiary/aromatic N) is 2. The number of piperidine rings is 1. The summed E-state index contributed by atoms with van der Waals surface area (Å²) in [6.07, 6.45) is 1.00. The van der Waals surface area contributed by atoms with Crippen LogP contribution in [-0.4, -0.2) is 42.4 Å². The van der Waals surface area contributed by atoms with E-state index in [1.807, 2.05) is 0 Å². The predicted octanol–water partition coefficient (Wildman–Crippen LogP) is 2.95. The number of phenolic OH excluding ortho intramolecular Hbond substituents is 1. The standard InChI is InChI=1S/C20H22N2O5S/c1-15(23)17-4-8-20(9-5-17)28(25,26)22-12-10-18(11-13-22)21-27-14-16-2-6-19(24)7-3-16/h2-9,24H,10-14H2,1H3. The molecule has 1 aliphatic rings. The zero-order valence-corrected chi connectivity index (χ0v) is 16.4. The van der Waals surface area contributed by atoms with E-state index in [0.29, 0.717) is 31.5 Å². The van der Waals surface area contributed by atoms with E-state index in [9.17, 15) is 18.3 Å². The molecular weight excluding hydrogens is 380 g/mol. The van der Waals surface area contributed by atoms with E-state index in [-0.39, 0.29) is 23.0 Å². The van der Waals surface area contributed by atoms with Crippen molar-refractivity contribution in [3.8, 4) is 5.75 Å². The van der Waals surface area contributed by atoms with Gasteiger partial charge in [0.25, 0.3) is 0 Å². The minimum atomic E-state index is -3.59. The maximum absolute atomic E-state index is 12.8. The Morgan fingerprint density at radius 1 is 1.07 bits per heavy atom. The monoisotopic (exact) mass is 402 g/mol. The van der Waals surface area contributed by atoms with Gasteiger partial charge >= 0.3 is 0 Å². The smallest absolute Gasteiger partial charge is 0.243 e. The molecule has 0 spiro atoms. The van der Waals surface area contributed by atoms with Crippen LogP contribution >= 0.6 is 0 Å². The first kappa shape index (κ1) is 20.0. The van der Waals surface area contributed by atoms with Crippen LogP contribution < -0.4 is 0 Å². The van der Waals surface area contributed by atoms with Crippen molar-refractivity contribution in [2.75, 3.05) is 13.1 Å². The Balaban J connectivity index is 1.56. The van der Waals surface area contributed by atoms with Gasteiger partial charge in [0.05, 0.1) is 10.6 Å². The summed E-state index contributed by atoms with van der Waals surface area (Å²) < 4.78 is 26.9. The second kappa shape index (κ2) is 8.53. The van der Waals surface area contributed by atoms with Gasteiger partial charge in [-0.25, -0.2) is 8.42 Å². The zero-order chi connectivity index (χ0) is 20.1. The molecule has 3 rings (SSSR count). The van der Waals surface area contributed by atoms with Crippen LogP contribution in [0, 0.1) is 0 Å². The fraction of sp³-hybridized carbons (Fsp3) is 0.300. The summed E-state index contributed by atoms with van der Waals surface area (Å²) in [5, 5.41) is 13.4. The normalized spacial score (nSPS) is 15.2. The molecule has 1 N–H and O–H groups in total. The van der Waals surface area contributed by atoms with Crippen LogP contribution in [0.5, 0.6) is 5.75 Å². The largest absolute Gasteiger partial charge is 0.508 e. The number of carbonyl (C=O) groups is 1. The van der Waals surface area contributed by atoms with Crippen LogP contribution in [0.4, 0.5) is 0 Å². The number of phenols is 1. The van der Waals surface area contributed by atoms with Crippen molar-refractivity contribution in [1.82, 2.24) is 4.31 Å². The molecule has 2 aromatic carbocycles. The topological polar surface area (TPSA) is 96.3 Å². The highest BCUT2D eigenvalue weighted by Crippen LogP contribution is 2.21. The van der Waals surface area contributed by atoms with E-state index in [4.69, 9.17) is 4.84 Å². The van der Waals surface area contributed by atoms with Gasteiger partial charge in [-0.05, 0) is 36.8 Å². The number of oxime groups is 1. The number of sulfonamides is 1. The third kappa shape index (κ3) is 4.76. The molecule has 1 heterocycles. The van der Waals surface area contributed by atoms with E-state index < -0.39 is 10.0 Å². The Morgan fingerprint density at radius 2 is 1.68 bits per heavy atom. The highest BCUT2D eigenvalue weighted by atomic mass is 32.2. The summed E-state index contributed by atoms with van der Waals surface area (Å²) >= 11 is 0. The number of ketones is 1. The summed E-state index contributed by atoms with van der Waals surface area (Å²) in [5.74, 6) is 0.0923. The van der Waals surface area contributed by atoms with Crippen molar-refractivity contribution < 1.29 is 23.2 Å². The average Bonchev–Trinajstić information content (AvgIpc) is 2.70. The van der Waals surface area contributed by atoms with Crippen LogP contribution in [0.2, 0.25) is 0 Å². The summed E-state index contributed by atoms with van der Waals surface area (Å²) in [4.78, 5) is 16.9.